The molecular weight excluding hydrogens is 321 g/mol. The van der Waals surface area contributed by atoms with E-state index in [2.05, 4.69) is 0 Å². The molecule has 128 valence electrons. The maximum absolute atomic E-state index is 13.1. The molecule has 1 saturated heterocycles. The van der Waals surface area contributed by atoms with Crippen LogP contribution in [0.4, 0.5) is 13.2 Å². The summed E-state index contributed by atoms with van der Waals surface area (Å²) in [6.45, 7) is 1.59. The number of carbonyl (C=O) groups excluding carboxylic acids is 1. The van der Waals surface area contributed by atoms with Crippen molar-refractivity contribution in [2.24, 2.45) is 5.92 Å². The van der Waals surface area contributed by atoms with Crippen molar-refractivity contribution in [1.29, 1.82) is 0 Å². The molecule has 0 amide bonds. The third kappa shape index (κ3) is 5.68. The lowest BCUT2D eigenvalue weighted by Gasteiger charge is -2.26. The summed E-state index contributed by atoms with van der Waals surface area (Å²) in [5.41, 5.74) is 0. The van der Waals surface area contributed by atoms with E-state index < -0.39 is 26.6 Å². The molecule has 1 atom stereocenters. The highest BCUT2D eigenvalue weighted by atomic mass is 28.3. The van der Waals surface area contributed by atoms with Gasteiger partial charge in [0.05, 0.1) is 12.1 Å². The van der Waals surface area contributed by atoms with Crippen LogP contribution >= 0.6 is 0 Å². The summed E-state index contributed by atoms with van der Waals surface area (Å²) in [6.07, 6.45) is 2.44. The van der Waals surface area contributed by atoms with Crippen molar-refractivity contribution >= 4 is 14.8 Å². The highest BCUT2D eigenvalue weighted by Gasteiger charge is 2.28. The van der Waals surface area contributed by atoms with E-state index >= 15 is 0 Å². The van der Waals surface area contributed by atoms with Gasteiger partial charge in [0.2, 0.25) is 0 Å². The smallest absolute Gasteiger partial charge is 0.314 e. The van der Waals surface area contributed by atoms with E-state index in [9.17, 15) is 18.0 Å². The molecule has 1 aliphatic rings. The summed E-state index contributed by atoms with van der Waals surface area (Å²) in [5, 5.41) is 0. The van der Waals surface area contributed by atoms with Gasteiger partial charge in [-0.2, -0.15) is 0 Å². The Morgan fingerprint density at radius 1 is 1.30 bits per heavy atom. The number of ether oxygens (including phenoxy) is 1. The molecular formula is C17H23F3O2Si. The normalized spacial score (nSPS) is 22.6. The van der Waals surface area contributed by atoms with Crippen LogP contribution < -0.4 is 4.74 Å². The third-order valence-electron chi connectivity index (χ3n) is 4.50. The van der Waals surface area contributed by atoms with Gasteiger partial charge in [-0.05, 0) is 38.3 Å². The molecule has 1 fully saturated rings. The molecule has 1 unspecified atom stereocenters. The number of carbonyl (C=O) groups is 1. The Hall–Kier alpha value is -1.30. The Bertz CT molecular complexity index is 529. The SMILES string of the molecule is CC(F)CCC[SiH]1CCC(C(=O)Oc2ccc(F)c(F)c2)CC1. The van der Waals surface area contributed by atoms with Gasteiger partial charge in [-0.3, -0.25) is 4.79 Å². The molecule has 0 spiro atoms. The Morgan fingerprint density at radius 2 is 2.00 bits per heavy atom. The Labute approximate surface area is 136 Å². The van der Waals surface area contributed by atoms with Gasteiger partial charge in [0.1, 0.15) is 5.75 Å². The van der Waals surface area contributed by atoms with E-state index in [1.165, 1.54) is 6.07 Å². The van der Waals surface area contributed by atoms with Crippen LogP contribution in [-0.4, -0.2) is 20.9 Å². The van der Waals surface area contributed by atoms with Gasteiger partial charge in [0.15, 0.2) is 11.6 Å². The van der Waals surface area contributed by atoms with Crippen LogP contribution in [0, 0.1) is 17.6 Å². The quantitative estimate of drug-likeness (QED) is 0.427. The van der Waals surface area contributed by atoms with Crippen molar-refractivity contribution in [3.8, 4) is 5.75 Å². The topological polar surface area (TPSA) is 26.3 Å². The van der Waals surface area contributed by atoms with E-state index in [0.29, 0.717) is 6.42 Å². The van der Waals surface area contributed by atoms with Gasteiger partial charge in [0.25, 0.3) is 0 Å². The number of benzene rings is 1. The average Bonchev–Trinajstić information content (AvgIpc) is 2.51. The number of alkyl halides is 1. The molecule has 1 aromatic rings. The minimum atomic E-state index is -1.02. The van der Waals surface area contributed by atoms with Gasteiger partial charge in [-0.1, -0.05) is 24.6 Å². The van der Waals surface area contributed by atoms with Crippen molar-refractivity contribution in [2.45, 2.75) is 56.9 Å². The minimum Gasteiger partial charge on any atom is -0.426 e. The summed E-state index contributed by atoms with van der Waals surface area (Å²) in [6, 6.07) is 6.38. The van der Waals surface area contributed by atoms with Crippen molar-refractivity contribution in [1.82, 2.24) is 0 Å². The Kier molecular flexibility index (Phi) is 6.68. The van der Waals surface area contributed by atoms with Crippen LogP contribution in [0.2, 0.25) is 18.1 Å². The molecule has 1 aromatic carbocycles. The number of hydrogen-bond acceptors (Lipinski definition) is 2. The fourth-order valence-electron chi connectivity index (χ4n) is 3.11. The van der Waals surface area contributed by atoms with Crippen LogP contribution in [-0.2, 0) is 4.79 Å². The number of esters is 1. The standard InChI is InChI=1S/C17H23F3O2Si/c1-12(18)3-2-8-23-9-6-13(7-10-23)17(21)22-14-4-5-15(19)16(20)11-14/h4-5,11-13,23H,2-3,6-10H2,1H3. The molecule has 0 bridgehead atoms. The van der Waals surface area contributed by atoms with Crippen LogP contribution in [0.5, 0.6) is 5.75 Å². The first-order chi connectivity index (χ1) is 11.0. The van der Waals surface area contributed by atoms with Gasteiger partial charge >= 0.3 is 5.97 Å². The maximum Gasteiger partial charge on any atom is 0.314 e. The summed E-state index contributed by atoms with van der Waals surface area (Å²) in [4.78, 5) is 12.1. The highest BCUT2D eigenvalue weighted by molar-refractivity contribution is 6.59. The highest BCUT2D eigenvalue weighted by Crippen LogP contribution is 2.30. The molecule has 23 heavy (non-hydrogen) atoms. The van der Waals surface area contributed by atoms with Gasteiger partial charge in [-0.15, -0.1) is 0 Å². The van der Waals surface area contributed by atoms with E-state index in [0.717, 1.165) is 49.5 Å². The zero-order chi connectivity index (χ0) is 16.8. The predicted molar refractivity (Wildman–Crippen MR) is 86.1 cm³/mol. The van der Waals surface area contributed by atoms with Gasteiger partial charge in [0, 0.05) is 14.9 Å². The fraction of sp³-hybridized carbons (Fsp3) is 0.588. The fourth-order valence-corrected chi connectivity index (χ4v) is 6.54. The largest absolute Gasteiger partial charge is 0.426 e. The second-order valence-corrected chi connectivity index (χ2v) is 9.89. The molecule has 0 aromatic heterocycles. The summed E-state index contributed by atoms with van der Waals surface area (Å²) >= 11 is 0. The Balaban J connectivity index is 1.76. The summed E-state index contributed by atoms with van der Waals surface area (Å²) < 4.78 is 43.9. The molecule has 1 aliphatic heterocycles. The zero-order valence-electron chi connectivity index (χ0n) is 13.4. The second kappa shape index (κ2) is 8.52. The molecule has 6 heteroatoms. The summed E-state index contributed by atoms with van der Waals surface area (Å²) in [5.74, 6) is -2.45. The van der Waals surface area contributed by atoms with Crippen LogP contribution in [0.1, 0.15) is 32.6 Å². The van der Waals surface area contributed by atoms with Crippen molar-refractivity contribution < 1.29 is 22.7 Å². The van der Waals surface area contributed by atoms with E-state index in [1.807, 2.05) is 0 Å². The molecule has 0 aliphatic carbocycles. The van der Waals surface area contributed by atoms with Crippen molar-refractivity contribution in [3.05, 3.63) is 29.8 Å². The minimum absolute atomic E-state index is 0.0465. The molecule has 0 N–H and O–H groups in total. The van der Waals surface area contributed by atoms with E-state index in [-0.39, 0.29) is 17.6 Å². The molecule has 1 heterocycles. The van der Waals surface area contributed by atoms with E-state index in [1.54, 1.807) is 6.92 Å². The summed E-state index contributed by atoms with van der Waals surface area (Å²) in [7, 11) is -0.848. The van der Waals surface area contributed by atoms with E-state index in [4.69, 9.17) is 4.74 Å². The van der Waals surface area contributed by atoms with Crippen LogP contribution in [0.25, 0.3) is 0 Å². The molecule has 0 radical (unpaired) electrons. The molecule has 2 rings (SSSR count). The van der Waals surface area contributed by atoms with Crippen molar-refractivity contribution in [2.75, 3.05) is 0 Å². The molecule has 2 nitrogen and oxygen atoms in total. The van der Waals surface area contributed by atoms with Gasteiger partial charge < -0.3 is 4.74 Å². The lowest BCUT2D eigenvalue weighted by atomic mass is 10.0. The monoisotopic (exact) mass is 344 g/mol. The lowest BCUT2D eigenvalue weighted by Crippen LogP contribution is -2.28. The predicted octanol–water partition coefficient (Wildman–Crippen LogP) is 4.65. The van der Waals surface area contributed by atoms with Crippen molar-refractivity contribution in [3.63, 3.8) is 0 Å². The average molecular weight is 344 g/mol. The first kappa shape index (κ1) is 18.0. The Morgan fingerprint density at radius 3 is 2.61 bits per heavy atom. The third-order valence-corrected chi connectivity index (χ3v) is 8.03. The zero-order valence-corrected chi connectivity index (χ0v) is 14.5. The maximum atomic E-state index is 13.1. The number of halogens is 3. The first-order valence-electron chi connectivity index (χ1n) is 8.26. The second-order valence-electron chi connectivity index (χ2n) is 6.43. The van der Waals surface area contributed by atoms with Gasteiger partial charge in [-0.25, -0.2) is 13.2 Å². The number of rotatable bonds is 6. The number of hydrogen-bond donors (Lipinski definition) is 0. The molecule has 0 saturated carbocycles. The van der Waals surface area contributed by atoms with Crippen LogP contribution in [0.15, 0.2) is 18.2 Å². The van der Waals surface area contributed by atoms with Crippen LogP contribution in [0.3, 0.4) is 0 Å². The first-order valence-corrected chi connectivity index (χ1v) is 10.7. The lowest BCUT2D eigenvalue weighted by molar-refractivity contribution is -0.139.